The molecule has 0 unspecified atom stereocenters. The summed E-state index contributed by atoms with van der Waals surface area (Å²) in [5.41, 5.74) is 0. The van der Waals surface area contributed by atoms with Crippen molar-refractivity contribution in [2.24, 2.45) is 5.92 Å². The molecule has 0 saturated carbocycles. The lowest BCUT2D eigenvalue weighted by Gasteiger charge is -2.35. The second-order valence-corrected chi connectivity index (χ2v) is 5.90. The molecule has 6 nitrogen and oxygen atoms in total. The first-order valence-corrected chi connectivity index (χ1v) is 7.49. The van der Waals surface area contributed by atoms with Crippen LogP contribution >= 0.6 is 0 Å². The van der Waals surface area contributed by atoms with Crippen LogP contribution in [0.1, 0.15) is 39.0 Å². The highest BCUT2D eigenvalue weighted by molar-refractivity contribution is 5.83. The Labute approximate surface area is 119 Å². The van der Waals surface area contributed by atoms with Crippen LogP contribution in [0, 0.1) is 5.92 Å². The molecule has 0 aliphatic carbocycles. The number of hydrogen-bond donors (Lipinski definition) is 2. The molecule has 2 saturated heterocycles. The van der Waals surface area contributed by atoms with Crippen LogP contribution in [0.3, 0.4) is 0 Å². The van der Waals surface area contributed by atoms with Crippen molar-refractivity contribution in [3.05, 3.63) is 0 Å². The van der Waals surface area contributed by atoms with Gasteiger partial charge >= 0.3 is 12.0 Å². The number of carboxylic acid groups (broad SMARTS) is 1. The minimum atomic E-state index is -1.03. The number of nitrogens with zero attached hydrogens (tertiary/aromatic N) is 2. The molecule has 0 aromatic rings. The van der Waals surface area contributed by atoms with Gasteiger partial charge in [0.25, 0.3) is 0 Å². The van der Waals surface area contributed by atoms with Crippen molar-refractivity contribution >= 4 is 12.0 Å². The van der Waals surface area contributed by atoms with Crippen LogP contribution in [0.4, 0.5) is 4.79 Å². The summed E-state index contributed by atoms with van der Waals surface area (Å²) in [6, 6.07) is -1.12. The number of amides is 2. The second kappa shape index (κ2) is 6.43. The molecular weight excluding hydrogens is 260 g/mol. The molecule has 2 aliphatic heterocycles. The first-order valence-electron chi connectivity index (χ1n) is 7.49. The van der Waals surface area contributed by atoms with E-state index in [1.807, 2.05) is 0 Å². The fraction of sp³-hybridized carbons (Fsp3) is 0.857. The smallest absolute Gasteiger partial charge is 0.326 e. The number of aliphatic hydroxyl groups excluding tert-OH is 1. The normalized spacial score (nSPS) is 27.9. The number of carboxylic acids is 1. The quantitative estimate of drug-likeness (QED) is 0.814. The van der Waals surface area contributed by atoms with Gasteiger partial charge in [0.1, 0.15) is 6.04 Å². The Hall–Kier alpha value is -1.30. The number of carbonyl (C=O) groups is 2. The third-order valence-corrected chi connectivity index (χ3v) is 4.39. The lowest BCUT2D eigenvalue weighted by Crippen LogP contribution is -2.50. The Morgan fingerprint density at radius 3 is 2.45 bits per heavy atom. The van der Waals surface area contributed by atoms with Crippen molar-refractivity contribution in [1.82, 2.24) is 9.80 Å². The third-order valence-electron chi connectivity index (χ3n) is 4.39. The number of β-amino-alcohol motifs (C(OH)–C–C–N with tert-alkyl or cyclic N) is 1. The second-order valence-electron chi connectivity index (χ2n) is 5.90. The van der Waals surface area contributed by atoms with Crippen LogP contribution in [-0.4, -0.2) is 63.8 Å². The fourth-order valence-electron chi connectivity index (χ4n) is 3.26. The Morgan fingerprint density at radius 1 is 1.25 bits per heavy atom. The zero-order chi connectivity index (χ0) is 14.7. The van der Waals surface area contributed by atoms with E-state index in [0.717, 1.165) is 19.3 Å². The molecule has 2 N–H and O–H groups in total. The summed E-state index contributed by atoms with van der Waals surface area (Å²) in [7, 11) is 0. The van der Waals surface area contributed by atoms with Gasteiger partial charge in [-0.1, -0.05) is 19.8 Å². The van der Waals surface area contributed by atoms with E-state index >= 15 is 0 Å². The first-order chi connectivity index (χ1) is 9.52. The fourth-order valence-corrected chi connectivity index (χ4v) is 3.26. The van der Waals surface area contributed by atoms with Crippen molar-refractivity contribution in [3.8, 4) is 0 Å². The monoisotopic (exact) mass is 284 g/mol. The molecule has 6 heteroatoms. The summed E-state index contributed by atoms with van der Waals surface area (Å²) in [5.74, 6) is -0.348. The van der Waals surface area contributed by atoms with Crippen molar-refractivity contribution in [3.63, 3.8) is 0 Å². The van der Waals surface area contributed by atoms with Crippen LogP contribution in [0.2, 0.25) is 0 Å². The molecule has 20 heavy (non-hydrogen) atoms. The molecule has 0 aromatic heterocycles. The van der Waals surface area contributed by atoms with Crippen LogP contribution in [0.5, 0.6) is 0 Å². The van der Waals surface area contributed by atoms with Crippen LogP contribution in [-0.2, 0) is 4.79 Å². The maximum absolute atomic E-state index is 12.4. The summed E-state index contributed by atoms with van der Waals surface area (Å²) in [6.07, 6.45) is 3.76. The van der Waals surface area contributed by atoms with Crippen molar-refractivity contribution in [2.45, 2.75) is 51.2 Å². The minimum Gasteiger partial charge on any atom is -0.480 e. The molecule has 0 aromatic carbocycles. The molecule has 114 valence electrons. The van der Waals surface area contributed by atoms with Gasteiger partial charge in [-0.15, -0.1) is 0 Å². The van der Waals surface area contributed by atoms with E-state index in [1.54, 1.807) is 4.90 Å². The van der Waals surface area contributed by atoms with Gasteiger partial charge in [-0.2, -0.15) is 0 Å². The van der Waals surface area contributed by atoms with Gasteiger partial charge in [-0.25, -0.2) is 9.59 Å². The summed E-state index contributed by atoms with van der Waals surface area (Å²) >= 11 is 0. The van der Waals surface area contributed by atoms with Crippen molar-refractivity contribution < 1.29 is 19.8 Å². The standard InChI is InChI=1S/C14H24N2O4/c1-2-3-10-4-6-15(7-5-10)14(20)16-9-11(17)8-12(16)13(18)19/h10-12,17H,2-9H2,1H3,(H,18,19)/t11-,12-/m1/s1. The molecule has 2 fully saturated rings. The number of aliphatic hydroxyl groups is 1. The number of piperidine rings is 1. The average Bonchev–Trinajstić information content (AvgIpc) is 2.81. The highest BCUT2D eigenvalue weighted by Crippen LogP contribution is 2.25. The zero-order valence-electron chi connectivity index (χ0n) is 12.0. The Balaban J connectivity index is 1.93. The van der Waals surface area contributed by atoms with Crippen molar-refractivity contribution in [1.29, 1.82) is 0 Å². The zero-order valence-corrected chi connectivity index (χ0v) is 12.0. The predicted octanol–water partition coefficient (Wildman–Crippen LogP) is 1.14. The summed E-state index contributed by atoms with van der Waals surface area (Å²) in [5, 5.41) is 18.7. The molecule has 2 heterocycles. The molecule has 2 rings (SSSR count). The number of carbonyl (C=O) groups excluding carboxylic acids is 1. The highest BCUT2D eigenvalue weighted by atomic mass is 16.4. The van der Waals surface area contributed by atoms with Gasteiger partial charge in [0.2, 0.25) is 0 Å². The number of rotatable bonds is 3. The molecule has 2 atom stereocenters. The maximum atomic E-state index is 12.4. The molecule has 0 radical (unpaired) electrons. The van der Waals surface area contributed by atoms with Gasteiger partial charge in [-0.3, -0.25) is 0 Å². The van der Waals surface area contributed by atoms with Crippen molar-refractivity contribution in [2.75, 3.05) is 19.6 Å². The minimum absolute atomic E-state index is 0.130. The van der Waals surface area contributed by atoms with Gasteiger partial charge in [0.05, 0.1) is 6.10 Å². The van der Waals surface area contributed by atoms with Gasteiger partial charge in [0, 0.05) is 26.1 Å². The molecule has 0 spiro atoms. The number of likely N-dealkylation sites (tertiary alicyclic amines) is 2. The Kier molecular flexibility index (Phi) is 4.86. The van der Waals surface area contributed by atoms with Crippen LogP contribution in [0.25, 0.3) is 0 Å². The topological polar surface area (TPSA) is 81.1 Å². The van der Waals surface area contributed by atoms with E-state index in [-0.39, 0.29) is 19.0 Å². The largest absolute Gasteiger partial charge is 0.480 e. The Bertz CT molecular complexity index is 366. The third kappa shape index (κ3) is 3.23. The van der Waals surface area contributed by atoms with E-state index in [0.29, 0.717) is 19.0 Å². The van der Waals surface area contributed by atoms with E-state index in [4.69, 9.17) is 5.11 Å². The van der Waals surface area contributed by atoms with E-state index in [1.165, 1.54) is 11.3 Å². The van der Waals surface area contributed by atoms with Gasteiger partial charge in [-0.05, 0) is 18.8 Å². The maximum Gasteiger partial charge on any atom is 0.326 e. The lowest BCUT2D eigenvalue weighted by atomic mass is 9.93. The molecule has 2 aliphatic rings. The molecular formula is C14H24N2O4. The predicted molar refractivity (Wildman–Crippen MR) is 73.4 cm³/mol. The van der Waals surface area contributed by atoms with Crippen LogP contribution in [0.15, 0.2) is 0 Å². The first kappa shape index (κ1) is 15.1. The van der Waals surface area contributed by atoms with Gasteiger partial charge in [0.15, 0.2) is 0 Å². The average molecular weight is 284 g/mol. The number of urea groups is 1. The molecule has 0 bridgehead atoms. The Morgan fingerprint density at radius 2 is 1.90 bits per heavy atom. The SMILES string of the molecule is CCCC1CCN(C(=O)N2C[C@H](O)C[C@@H]2C(=O)O)CC1. The highest BCUT2D eigenvalue weighted by Gasteiger charge is 2.41. The summed E-state index contributed by atoms with van der Waals surface area (Å²) in [6.45, 7) is 3.69. The van der Waals surface area contributed by atoms with E-state index < -0.39 is 18.1 Å². The number of aliphatic carboxylic acids is 1. The lowest BCUT2D eigenvalue weighted by molar-refractivity contribution is -0.141. The number of hydrogen-bond acceptors (Lipinski definition) is 3. The van der Waals surface area contributed by atoms with E-state index in [2.05, 4.69) is 6.92 Å². The summed E-state index contributed by atoms with van der Waals surface area (Å²) in [4.78, 5) is 26.6. The van der Waals surface area contributed by atoms with Crippen LogP contribution < -0.4 is 0 Å². The molecule has 2 amide bonds. The summed E-state index contributed by atoms with van der Waals surface area (Å²) < 4.78 is 0. The van der Waals surface area contributed by atoms with E-state index in [9.17, 15) is 14.7 Å². The van der Waals surface area contributed by atoms with Gasteiger partial charge < -0.3 is 20.0 Å².